The van der Waals surface area contributed by atoms with Gasteiger partial charge in [-0.05, 0) is 0 Å². The third-order valence-electron chi connectivity index (χ3n) is 2.86. The van der Waals surface area contributed by atoms with Gasteiger partial charge in [-0.15, -0.1) is 0 Å². The van der Waals surface area contributed by atoms with Crippen LogP contribution in [-0.2, 0) is 4.79 Å². The Hall–Kier alpha value is -1.26. The molecule has 0 radical (unpaired) electrons. The number of hydrogen-bond acceptors (Lipinski definition) is 2. The summed E-state index contributed by atoms with van der Waals surface area (Å²) in [5.74, 6) is 0.162. The quantitative estimate of drug-likeness (QED) is 0.631. The molecule has 0 aromatic rings. The van der Waals surface area contributed by atoms with Crippen molar-refractivity contribution in [1.29, 1.82) is 0 Å². The average Bonchev–Trinajstić information content (AvgIpc) is 2.26. The van der Waals surface area contributed by atoms with Gasteiger partial charge in [-0.25, -0.2) is 4.79 Å². The molecule has 0 aromatic carbocycles. The van der Waals surface area contributed by atoms with Crippen LogP contribution in [0.4, 0.5) is 4.79 Å². The molecule has 1 fully saturated rings. The zero-order valence-corrected chi connectivity index (χ0v) is 11.5. The minimum atomic E-state index is -0.340. The van der Waals surface area contributed by atoms with Crippen molar-refractivity contribution in [2.75, 3.05) is 40.3 Å². The van der Waals surface area contributed by atoms with Gasteiger partial charge in [0, 0.05) is 45.7 Å². The first-order valence-electron chi connectivity index (χ1n) is 5.99. The van der Waals surface area contributed by atoms with Crippen LogP contribution in [0.5, 0.6) is 0 Å². The van der Waals surface area contributed by atoms with E-state index in [1.807, 2.05) is 25.7 Å². The smallest absolute Gasteiger partial charge is 0.319 e. The zero-order chi connectivity index (χ0) is 13.2. The zero-order valence-electron chi connectivity index (χ0n) is 11.5. The van der Waals surface area contributed by atoms with Crippen molar-refractivity contribution in [2.45, 2.75) is 20.8 Å². The molecule has 5 heteroatoms. The molecule has 1 aliphatic heterocycles. The highest BCUT2D eigenvalue weighted by Gasteiger charge is 2.30. The predicted octanol–water partition coefficient (Wildman–Crippen LogP) is 0.858. The van der Waals surface area contributed by atoms with Crippen LogP contribution in [0.1, 0.15) is 20.8 Å². The molecule has 1 aliphatic rings. The normalized spacial score (nSPS) is 17.0. The molecule has 0 spiro atoms. The van der Waals surface area contributed by atoms with Crippen LogP contribution < -0.4 is 0 Å². The largest absolute Gasteiger partial charge is 0.339 e. The third kappa shape index (κ3) is 3.35. The number of nitrogens with zero attached hydrogens (tertiary/aromatic N) is 3. The lowest BCUT2D eigenvalue weighted by Crippen LogP contribution is -2.54. The van der Waals surface area contributed by atoms with Crippen LogP contribution in [0.3, 0.4) is 0 Å². The predicted molar refractivity (Wildman–Crippen MR) is 66.7 cm³/mol. The van der Waals surface area contributed by atoms with Crippen molar-refractivity contribution in [1.82, 2.24) is 14.7 Å². The van der Waals surface area contributed by atoms with Crippen molar-refractivity contribution in [3.05, 3.63) is 0 Å². The van der Waals surface area contributed by atoms with Gasteiger partial charge in [-0.2, -0.15) is 0 Å². The molecule has 0 bridgehead atoms. The van der Waals surface area contributed by atoms with E-state index in [1.54, 1.807) is 23.9 Å². The van der Waals surface area contributed by atoms with E-state index in [2.05, 4.69) is 0 Å². The Bertz CT molecular complexity index is 299. The number of hydrogen-bond donors (Lipinski definition) is 0. The maximum Gasteiger partial charge on any atom is 0.319 e. The van der Waals surface area contributed by atoms with Gasteiger partial charge < -0.3 is 14.7 Å². The Balaban J connectivity index is 2.52. The standard InChI is InChI=1S/C12H23N3O2/c1-12(2,3)10(16)14-6-8-15(9-7-14)11(17)13(4)5/h6-9H2,1-5H3. The van der Waals surface area contributed by atoms with Gasteiger partial charge in [0.25, 0.3) is 0 Å². The fourth-order valence-electron chi connectivity index (χ4n) is 1.86. The van der Waals surface area contributed by atoms with Crippen molar-refractivity contribution in [2.24, 2.45) is 5.41 Å². The molecular formula is C12H23N3O2. The fraction of sp³-hybridized carbons (Fsp3) is 0.833. The minimum Gasteiger partial charge on any atom is -0.339 e. The summed E-state index contributed by atoms with van der Waals surface area (Å²) in [6.45, 7) is 8.29. The van der Waals surface area contributed by atoms with Gasteiger partial charge in [-0.3, -0.25) is 4.79 Å². The van der Waals surface area contributed by atoms with Crippen LogP contribution in [-0.4, -0.2) is 66.9 Å². The van der Waals surface area contributed by atoms with Crippen LogP contribution in [0, 0.1) is 5.41 Å². The molecule has 17 heavy (non-hydrogen) atoms. The highest BCUT2D eigenvalue weighted by Crippen LogP contribution is 2.18. The second-order valence-corrected chi connectivity index (χ2v) is 5.71. The minimum absolute atomic E-state index is 0.0212. The molecule has 98 valence electrons. The summed E-state index contributed by atoms with van der Waals surface area (Å²) in [6.07, 6.45) is 0. The van der Waals surface area contributed by atoms with Crippen LogP contribution >= 0.6 is 0 Å². The van der Waals surface area contributed by atoms with Crippen molar-refractivity contribution in [3.63, 3.8) is 0 Å². The molecule has 0 unspecified atom stereocenters. The van der Waals surface area contributed by atoms with Crippen molar-refractivity contribution in [3.8, 4) is 0 Å². The average molecular weight is 241 g/mol. The first-order chi connectivity index (χ1) is 7.73. The summed E-state index contributed by atoms with van der Waals surface area (Å²) >= 11 is 0. The van der Waals surface area contributed by atoms with E-state index in [-0.39, 0.29) is 17.4 Å². The first kappa shape index (κ1) is 13.8. The van der Waals surface area contributed by atoms with E-state index in [1.165, 1.54) is 0 Å². The van der Waals surface area contributed by atoms with Gasteiger partial charge in [0.2, 0.25) is 5.91 Å². The lowest BCUT2D eigenvalue weighted by Gasteiger charge is -2.38. The summed E-state index contributed by atoms with van der Waals surface area (Å²) in [7, 11) is 3.49. The molecule has 0 N–H and O–H groups in total. The van der Waals surface area contributed by atoms with Crippen molar-refractivity contribution < 1.29 is 9.59 Å². The summed E-state index contributed by atoms with van der Waals surface area (Å²) in [5, 5.41) is 0. The second-order valence-electron chi connectivity index (χ2n) is 5.71. The molecule has 5 nitrogen and oxygen atoms in total. The second kappa shape index (κ2) is 4.94. The van der Waals surface area contributed by atoms with E-state index in [0.29, 0.717) is 26.2 Å². The van der Waals surface area contributed by atoms with Gasteiger partial charge in [0.1, 0.15) is 0 Å². The summed E-state index contributed by atoms with van der Waals surface area (Å²) < 4.78 is 0. The monoisotopic (exact) mass is 241 g/mol. The molecule has 0 aromatic heterocycles. The Morgan fingerprint density at radius 2 is 1.35 bits per heavy atom. The lowest BCUT2D eigenvalue weighted by molar-refractivity contribution is -0.140. The lowest BCUT2D eigenvalue weighted by atomic mass is 9.94. The van der Waals surface area contributed by atoms with Crippen LogP contribution in [0.25, 0.3) is 0 Å². The van der Waals surface area contributed by atoms with Crippen molar-refractivity contribution >= 4 is 11.9 Å². The molecule has 0 saturated carbocycles. The maximum absolute atomic E-state index is 12.0. The number of rotatable bonds is 0. The molecule has 3 amide bonds. The van der Waals surface area contributed by atoms with E-state index in [0.717, 1.165) is 0 Å². The number of amides is 3. The summed E-state index contributed by atoms with van der Waals surface area (Å²) in [6, 6.07) is 0.0212. The fourth-order valence-corrected chi connectivity index (χ4v) is 1.86. The van der Waals surface area contributed by atoms with Crippen LogP contribution in [0.15, 0.2) is 0 Å². The Morgan fingerprint density at radius 3 is 1.71 bits per heavy atom. The Kier molecular flexibility index (Phi) is 4.01. The Labute approximate surface area is 103 Å². The van der Waals surface area contributed by atoms with Gasteiger partial charge in [0.15, 0.2) is 0 Å². The highest BCUT2D eigenvalue weighted by atomic mass is 16.2. The highest BCUT2D eigenvalue weighted by molar-refractivity contribution is 5.82. The third-order valence-corrected chi connectivity index (χ3v) is 2.86. The van der Waals surface area contributed by atoms with Crippen LogP contribution in [0.2, 0.25) is 0 Å². The Morgan fingerprint density at radius 1 is 0.941 bits per heavy atom. The molecule has 1 heterocycles. The molecule has 1 saturated heterocycles. The first-order valence-corrected chi connectivity index (χ1v) is 5.99. The molecule has 0 aliphatic carbocycles. The van der Waals surface area contributed by atoms with E-state index in [4.69, 9.17) is 0 Å². The summed E-state index contributed by atoms with van der Waals surface area (Å²) in [5.41, 5.74) is -0.340. The van der Waals surface area contributed by atoms with E-state index in [9.17, 15) is 9.59 Å². The number of piperazine rings is 1. The number of carbonyl (C=O) groups is 2. The summed E-state index contributed by atoms with van der Waals surface area (Å²) in [4.78, 5) is 29.0. The molecule has 0 atom stereocenters. The molecular weight excluding hydrogens is 218 g/mol. The van der Waals surface area contributed by atoms with Gasteiger partial charge >= 0.3 is 6.03 Å². The van der Waals surface area contributed by atoms with E-state index < -0.39 is 0 Å². The molecule has 1 rings (SSSR count). The SMILES string of the molecule is CN(C)C(=O)N1CCN(C(=O)C(C)(C)C)CC1. The van der Waals surface area contributed by atoms with Gasteiger partial charge in [0.05, 0.1) is 0 Å². The maximum atomic E-state index is 12.0. The number of urea groups is 1. The topological polar surface area (TPSA) is 43.9 Å². The number of carbonyl (C=O) groups excluding carboxylic acids is 2. The van der Waals surface area contributed by atoms with Gasteiger partial charge in [-0.1, -0.05) is 20.8 Å². The van der Waals surface area contributed by atoms with E-state index >= 15 is 0 Å².